The largest absolute Gasteiger partial charge is 0.308 e. The van der Waals surface area contributed by atoms with E-state index in [0.717, 1.165) is 17.1 Å². The van der Waals surface area contributed by atoms with Crippen molar-refractivity contribution >= 4 is 60.9 Å². The predicted molar refractivity (Wildman–Crippen MR) is 223 cm³/mol. The van der Waals surface area contributed by atoms with Crippen molar-refractivity contribution in [2.45, 2.75) is 0 Å². The minimum atomic E-state index is 1.10. The third-order valence-electron chi connectivity index (χ3n) is 10.8. The SMILES string of the molecule is c1ccc(-c2ccc(N(c3ccc(-c4ccccc4)cc3)c3ccc(-c4ccccc4)c4c3n3c5ccccc5c5c6ccccc6n4c53)cc2)cc1. The Morgan fingerprint density at radius 1 is 0.321 bits per heavy atom. The average Bonchev–Trinajstić information content (AvgIpc) is 3.88. The van der Waals surface area contributed by atoms with Crippen LogP contribution in [0.2, 0.25) is 0 Å². The molecule has 3 nitrogen and oxygen atoms in total. The summed E-state index contributed by atoms with van der Waals surface area (Å²) in [6, 6.07) is 72.5. The minimum absolute atomic E-state index is 1.10. The van der Waals surface area contributed by atoms with Gasteiger partial charge in [0.15, 0.2) is 0 Å². The standard InChI is InChI=1S/C50H33N3/c1-4-14-34(15-5-1)36-24-28-39(29-25-36)51(40-30-26-37(27-31-40)35-16-6-2-7-17-35)46-33-32-41(38-18-8-3-9-19-38)48-49(46)53-45-23-13-11-21-43(45)47-42-20-10-12-22-44(42)52(48)50(47)53/h1-33H. The lowest BCUT2D eigenvalue weighted by Crippen LogP contribution is -2.11. The number of aromatic nitrogens is 2. The molecule has 0 fully saturated rings. The highest BCUT2D eigenvalue weighted by Crippen LogP contribution is 2.48. The molecule has 11 rings (SSSR count). The first-order valence-corrected chi connectivity index (χ1v) is 18.2. The molecule has 0 bridgehead atoms. The molecule has 0 aliphatic carbocycles. The summed E-state index contributed by atoms with van der Waals surface area (Å²) in [5.41, 5.74) is 16.5. The first-order chi connectivity index (χ1) is 26.3. The van der Waals surface area contributed by atoms with Crippen molar-refractivity contribution in [2.75, 3.05) is 4.90 Å². The van der Waals surface area contributed by atoms with Gasteiger partial charge >= 0.3 is 0 Å². The molecule has 53 heavy (non-hydrogen) atoms. The third-order valence-corrected chi connectivity index (χ3v) is 10.8. The van der Waals surface area contributed by atoms with Gasteiger partial charge < -0.3 is 4.90 Å². The summed E-state index contributed by atoms with van der Waals surface area (Å²) in [6.07, 6.45) is 0. The van der Waals surface area contributed by atoms with Crippen LogP contribution in [0.4, 0.5) is 17.1 Å². The van der Waals surface area contributed by atoms with E-state index in [-0.39, 0.29) is 0 Å². The number of rotatable bonds is 6. The number of benzene rings is 8. The lowest BCUT2D eigenvalue weighted by molar-refractivity contribution is 1.26. The number of hydrogen-bond donors (Lipinski definition) is 0. The number of hydrogen-bond acceptors (Lipinski definition) is 1. The Hall–Kier alpha value is -7.10. The van der Waals surface area contributed by atoms with Gasteiger partial charge in [-0.05, 0) is 70.3 Å². The van der Waals surface area contributed by atoms with Crippen LogP contribution in [0.1, 0.15) is 0 Å². The van der Waals surface area contributed by atoms with Crippen LogP contribution in [0.3, 0.4) is 0 Å². The molecule has 0 radical (unpaired) electrons. The van der Waals surface area contributed by atoms with E-state index >= 15 is 0 Å². The Bertz CT molecular complexity index is 2980. The number of anilines is 3. The molecule has 3 heteroatoms. The van der Waals surface area contributed by atoms with Gasteiger partial charge in [0.25, 0.3) is 0 Å². The van der Waals surface area contributed by atoms with Gasteiger partial charge in [-0.3, -0.25) is 8.80 Å². The normalized spacial score (nSPS) is 11.8. The van der Waals surface area contributed by atoms with E-state index in [1.807, 2.05) is 0 Å². The fourth-order valence-corrected chi connectivity index (χ4v) is 8.49. The molecule has 0 unspecified atom stereocenters. The minimum Gasteiger partial charge on any atom is -0.308 e. The Morgan fingerprint density at radius 3 is 1.25 bits per heavy atom. The van der Waals surface area contributed by atoms with Gasteiger partial charge in [-0.1, -0.05) is 158 Å². The zero-order valence-electron chi connectivity index (χ0n) is 28.9. The van der Waals surface area contributed by atoms with Crippen molar-refractivity contribution < 1.29 is 0 Å². The van der Waals surface area contributed by atoms with E-state index in [2.05, 4.69) is 214 Å². The van der Waals surface area contributed by atoms with Gasteiger partial charge in [-0.15, -0.1) is 0 Å². The van der Waals surface area contributed by atoms with Crippen LogP contribution >= 0.6 is 0 Å². The lowest BCUT2D eigenvalue weighted by Gasteiger charge is -2.27. The molecule has 11 aromatic rings. The smallest absolute Gasteiger partial charge is 0.131 e. The molecule has 0 aliphatic rings. The van der Waals surface area contributed by atoms with E-state index in [0.29, 0.717) is 0 Å². The summed E-state index contributed by atoms with van der Waals surface area (Å²) in [7, 11) is 0. The van der Waals surface area contributed by atoms with E-state index in [1.54, 1.807) is 0 Å². The summed E-state index contributed by atoms with van der Waals surface area (Å²) < 4.78 is 5.03. The first kappa shape index (κ1) is 29.6. The molecule has 0 saturated carbocycles. The Labute approximate surface area is 307 Å². The van der Waals surface area contributed by atoms with Crippen molar-refractivity contribution in [2.24, 2.45) is 0 Å². The molecule has 0 saturated heterocycles. The van der Waals surface area contributed by atoms with Crippen molar-refractivity contribution in [1.82, 2.24) is 8.80 Å². The predicted octanol–water partition coefficient (Wildman–Crippen LogP) is 13.6. The van der Waals surface area contributed by atoms with Crippen LogP contribution < -0.4 is 4.90 Å². The van der Waals surface area contributed by atoms with Crippen molar-refractivity contribution in [3.05, 3.63) is 200 Å². The Kier molecular flexibility index (Phi) is 6.55. The molecule has 248 valence electrons. The Balaban J connectivity index is 1.25. The van der Waals surface area contributed by atoms with Crippen LogP contribution in [0.15, 0.2) is 200 Å². The van der Waals surface area contributed by atoms with Crippen molar-refractivity contribution in [3.8, 4) is 33.4 Å². The average molecular weight is 676 g/mol. The topological polar surface area (TPSA) is 12.1 Å². The van der Waals surface area contributed by atoms with Gasteiger partial charge in [-0.2, -0.15) is 0 Å². The second-order valence-corrected chi connectivity index (χ2v) is 13.8. The number of para-hydroxylation sites is 2. The fourth-order valence-electron chi connectivity index (χ4n) is 8.49. The second kappa shape index (κ2) is 11.7. The van der Waals surface area contributed by atoms with Crippen LogP contribution in [-0.2, 0) is 0 Å². The maximum Gasteiger partial charge on any atom is 0.131 e. The molecule has 0 amide bonds. The van der Waals surface area contributed by atoms with Gasteiger partial charge in [-0.25, -0.2) is 0 Å². The fraction of sp³-hybridized carbons (Fsp3) is 0. The molecule has 3 heterocycles. The first-order valence-electron chi connectivity index (χ1n) is 18.2. The van der Waals surface area contributed by atoms with Crippen LogP contribution in [0.25, 0.3) is 77.3 Å². The van der Waals surface area contributed by atoms with Crippen molar-refractivity contribution in [3.63, 3.8) is 0 Å². The summed E-state index contributed by atoms with van der Waals surface area (Å²) >= 11 is 0. The van der Waals surface area contributed by atoms with Gasteiger partial charge in [0.2, 0.25) is 0 Å². The molecule has 0 N–H and O–H groups in total. The third kappa shape index (κ3) is 4.47. The zero-order chi connectivity index (χ0) is 34.9. The summed E-state index contributed by atoms with van der Waals surface area (Å²) in [5, 5.41) is 3.84. The summed E-state index contributed by atoms with van der Waals surface area (Å²) in [4.78, 5) is 2.44. The molecule has 0 atom stereocenters. The quantitative estimate of drug-likeness (QED) is 0.171. The monoisotopic (exact) mass is 675 g/mol. The van der Waals surface area contributed by atoms with E-state index in [4.69, 9.17) is 0 Å². The number of fused-ring (bicyclic) bond motifs is 9. The number of nitrogens with zero attached hydrogens (tertiary/aromatic N) is 3. The highest BCUT2D eigenvalue weighted by molar-refractivity contribution is 6.25. The second-order valence-electron chi connectivity index (χ2n) is 13.8. The maximum absolute atomic E-state index is 2.52. The number of imidazole rings is 1. The summed E-state index contributed by atoms with van der Waals surface area (Å²) in [5.74, 6) is 0. The highest BCUT2D eigenvalue weighted by atomic mass is 15.2. The van der Waals surface area contributed by atoms with E-state index < -0.39 is 0 Å². The molecule has 3 aromatic heterocycles. The maximum atomic E-state index is 2.52. The molecular formula is C50H33N3. The zero-order valence-corrected chi connectivity index (χ0v) is 28.9. The van der Waals surface area contributed by atoms with E-state index in [9.17, 15) is 0 Å². The molecular weight excluding hydrogens is 643 g/mol. The van der Waals surface area contributed by atoms with Gasteiger partial charge in [0.1, 0.15) is 5.65 Å². The Morgan fingerprint density at radius 2 is 0.736 bits per heavy atom. The van der Waals surface area contributed by atoms with Crippen molar-refractivity contribution in [1.29, 1.82) is 0 Å². The van der Waals surface area contributed by atoms with E-state index in [1.165, 1.54) is 77.3 Å². The van der Waals surface area contributed by atoms with Crippen LogP contribution in [0.5, 0.6) is 0 Å². The summed E-state index contributed by atoms with van der Waals surface area (Å²) in [6.45, 7) is 0. The lowest BCUT2D eigenvalue weighted by atomic mass is 10.0. The van der Waals surface area contributed by atoms with Gasteiger partial charge in [0, 0.05) is 33.1 Å². The molecule has 0 spiro atoms. The molecule has 0 aliphatic heterocycles. The van der Waals surface area contributed by atoms with Crippen LogP contribution in [0, 0.1) is 0 Å². The molecule has 8 aromatic carbocycles. The van der Waals surface area contributed by atoms with Crippen LogP contribution in [-0.4, -0.2) is 8.80 Å². The van der Waals surface area contributed by atoms with Gasteiger partial charge in [0.05, 0.1) is 27.8 Å². The highest BCUT2D eigenvalue weighted by Gasteiger charge is 2.28.